The van der Waals surface area contributed by atoms with Crippen molar-refractivity contribution in [3.63, 3.8) is 0 Å². The summed E-state index contributed by atoms with van der Waals surface area (Å²) in [5.41, 5.74) is 0.983. The summed E-state index contributed by atoms with van der Waals surface area (Å²) in [5.74, 6) is 1.000. The Bertz CT molecular complexity index is 714. The minimum absolute atomic E-state index is 0.162. The van der Waals surface area contributed by atoms with E-state index in [9.17, 15) is 9.59 Å². The van der Waals surface area contributed by atoms with E-state index in [4.69, 9.17) is 16.3 Å². The zero-order chi connectivity index (χ0) is 17.8. The summed E-state index contributed by atoms with van der Waals surface area (Å²) in [6, 6.07) is 5.18. The second-order valence-corrected chi connectivity index (χ2v) is 7.70. The lowest BCUT2D eigenvalue weighted by Gasteiger charge is -2.18. The molecule has 2 N–H and O–H groups in total. The van der Waals surface area contributed by atoms with E-state index < -0.39 is 0 Å². The van der Waals surface area contributed by atoms with Crippen LogP contribution in [0.1, 0.15) is 43.0 Å². The van der Waals surface area contributed by atoms with Crippen LogP contribution in [0.5, 0.6) is 0 Å². The summed E-state index contributed by atoms with van der Waals surface area (Å²) in [6.07, 6.45) is 4.35. The van der Waals surface area contributed by atoms with E-state index in [1.807, 2.05) is 0 Å². The summed E-state index contributed by atoms with van der Waals surface area (Å²) in [4.78, 5) is 25.3. The van der Waals surface area contributed by atoms with Crippen LogP contribution in [0.15, 0.2) is 28.9 Å². The van der Waals surface area contributed by atoms with Crippen molar-refractivity contribution in [1.29, 1.82) is 0 Å². The maximum absolute atomic E-state index is 12.3. The molecule has 0 spiro atoms. The minimum atomic E-state index is -0.221. The predicted molar refractivity (Wildman–Crippen MR) is 101 cm³/mol. The molecular weight excluding hydrogens is 360 g/mol. The van der Waals surface area contributed by atoms with Gasteiger partial charge >= 0.3 is 0 Å². The molecule has 1 fully saturated rings. The third-order valence-corrected chi connectivity index (χ3v) is 5.78. The largest absolute Gasteiger partial charge is 0.496 e. The Kier molecular flexibility index (Phi) is 5.91. The van der Waals surface area contributed by atoms with Gasteiger partial charge in [0.05, 0.1) is 17.2 Å². The number of anilines is 1. The average Bonchev–Trinajstić information content (AvgIpc) is 3.08. The number of hydrogen-bond donors (Lipinski definition) is 2. The lowest BCUT2D eigenvalue weighted by molar-refractivity contribution is -0.112. The average molecular weight is 381 g/mol. The van der Waals surface area contributed by atoms with Crippen LogP contribution in [0.2, 0.25) is 5.02 Å². The van der Waals surface area contributed by atoms with Crippen LogP contribution in [0.3, 0.4) is 0 Å². The van der Waals surface area contributed by atoms with E-state index in [1.165, 1.54) is 11.8 Å². The highest BCUT2D eigenvalue weighted by molar-refractivity contribution is 8.04. The number of carbonyl (C=O) groups excluding carboxylic acids is 2. The van der Waals surface area contributed by atoms with E-state index in [-0.39, 0.29) is 17.9 Å². The summed E-state index contributed by atoms with van der Waals surface area (Å²) in [5, 5.41) is 6.15. The zero-order valence-electron chi connectivity index (χ0n) is 14.1. The van der Waals surface area contributed by atoms with Gasteiger partial charge in [0.25, 0.3) is 11.8 Å². The van der Waals surface area contributed by atoms with Crippen molar-refractivity contribution in [1.82, 2.24) is 5.32 Å². The molecule has 2 aliphatic rings. The molecule has 134 valence electrons. The van der Waals surface area contributed by atoms with Crippen molar-refractivity contribution in [2.75, 3.05) is 17.7 Å². The van der Waals surface area contributed by atoms with E-state index in [1.54, 1.807) is 25.1 Å². The predicted octanol–water partition coefficient (Wildman–Crippen LogP) is 3.95. The molecule has 1 aromatic rings. The highest BCUT2D eigenvalue weighted by Gasteiger charge is 2.21. The monoisotopic (exact) mass is 380 g/mol. The van der Waals surface area contributed by atoms with Gasteiger partial charge < -0.3 is 15.4 Å². The number of carbonyl (C=O) groups is 2. The number of amides is 2. The number of thioether (sulfide) groups is 1. The Morgan fingerprint density at radius 3 is 2.68 bits per heavy atom. The lowest BCUT2D eigenvalue weighted by Crippen LogP contribution is -2.32. The van der Waals surface area contributed by atoms with Gasteiger partial charge in [-0.15, -0.1) is 11.8 Å². The van der Waals surface area contributed by atoms with Gasteiger partial charge in [0.2, 0.25) is 0 Å². The fourth-order valence-corrected chi connectivity index (χ4v) is 4.11. The molecule has 1 heterocycles. The van der Waals surface area contributed by atoms with Crippen molar-refractivity contribution in [3.05, 3.63) is 39.4 Å². The number of hydrogen-bond acceptors (Lipinski definition) is 4. The number of halogens is 1. The third kappa shape index (κ3) is 4.50. The summed E-state index contributed by atoms with van der Waals surface area (Å²) in [6.45, 7) is 2.40. The quantitative estimate of drug-likeness (QED) is 0.830. The fourth-order valence-electron chi connectivity index (χ4n) is 3.03. The summed E-state index contributed by atoms with van der Waals surface area (Å²) >= 11 is 7.73. The Morgan fingerprint density at radius 1 is 1.24 bits per heavy atom. The van der Waals surface area contributed by atoms with E-state index >= 15 is 0 Å². The van der Waals surface area contributed by atoms with Gasteiger partial charge in [-0.1, -0.05) is 24.4 Å². The molecule has 0 radical (unpaired) electrons. The van der Waals surface area contributed by atoms with Gasteiger partial charge in [0.15, 0.2) is 0 Å². The molecular formula is C18H21ClN2O3S. The topological polar surface area (TPSA) is 67.4 Å². The van der Waals surface area contributed by atoms with Gasteiger partial charge in [0, 0.05) is 17.5 Å². The fraction of sp³-hybridized carbons (Fsp3) is 0.444. The first kappa shape index (κ1) is 18.1. The van der Waals surface area contributed by atoms with Crippen LogP contribution in [0, 0.1) is 0 Å². The Morgan fingerprint density at radius 2 is 2.00 bits per heavy atom. The van der Waals surface area contributed by atoms with Gasteiger partial charge in [-0.3, -0.25) is 9.59 Å². The smallest absolute Gasteiger partial charge is 0.265 e. The number of benzene rings is 1. The lowest BCUT2D eigenvalue weighted by atomic mass is 10.1. The molecule has 0 atom stereocenters. The van der Waals surface area contributed by atoms with Crippen LogP contribution >= 0.6 is 23.4 Å². The maximum atomic E-state index is 12.3. The zero-order valence-corrected chi connectivity index (χ0v) is 15.6. The van der Waals surface area contributed by atoms with E-state index in [0.29, 0.717) is 33.5 Å². The molecule has 0 aromatic heterocycles. The Labute approximate surface area is 156 Å². The normalized spacial score (nSPS) is 18.0. The van der Waals surface area contributed by atoms with Crippen molar-refractivity contribution in [2.45, 2.75) is 38.6 Å². The van der Waals surface area contributed by atoms with Crippen LogP contribution < -0.4 is 10.6 Å². The van der Waals surface area contributed by atoms with E-state index in [2.05, 4.69) is 10.6 Å². The van der Waals surface area contributed by atoms with Crippen LogP contribution in [-0.4, -0.2) is 30.2 Å². The maximum Gasteiger partial charge on any atom is 0.265 e. The van der Waals surface area contributed by atoms with Crippen molar-refractivity contribution in [2.24, 2.45) is 0 Å². The molecule has 0 unspecified atom stereocenters. The molecule has 7 heteroatoms. The van der Waals surface area contributed by atoms with Gasteiger partial charge in [-0.05, 0) is 38.0 Å². The standard InChI is InChI=1S/C18H21ClN2O3S/c1-11-16(25-9-8-24-11)18(23)21-13-6-7-14(15(19)10-13)17(22)20-12-4-2-3-5-12/h6-7,10,12H,2-5,8-9H2,1H3,(H,20,22)(H,21,23). The third-order valence-electron chi connectivity index (χ3n) is 4.34. The molecule has 1 aliphatic carbocycles. The molecule has 5 nitrogen and oxygen atoms in total. The first-order valence-electron chi connectivity index (χ1n) is 8.43. The van der Waals surface area contributed by atoms with Gasteiger partial charge in [-0.2, -0.15) is 0 Å². The summed E-state index contributed by atoms with van der Waals surface area (Å²) in [7, 11) is 0. The molecule has 25 heavy (non-hydrogen) atoms. The molecule has 0 bridgehead atoms. The second-order valence-electron chi connectivity index (χ2n) is 6.19. The van der Waals surface area contributed by atoms with Crippen molar-refractivity contribution in [3.8, 4) is 0 Å². The molecule has 1 saturated carbocycles. The highest BCUT2D eigenvalue weighted by atomic mass is 35.5. The van der Waals surface area contributed by atoms with Crippen molar-refractivity contribution < 1.29 is 14.3 Å². The molecule has 3 rings (SSSR count). The molecule has 1 aliphatic heterocycles. The first-order chi connectivity index (χ1) is 12.0. The molecule has 0 saturated heterocycles. The number of nitrogens with one attached hydrogen (secondary N) is 2. The SMILES string of the molecule is CC1=C(C(=O)Nc2ccc(C(=O)NC3CCCC3)c(Cl)c2)SCCO1. The van der Waals surface area contributed by atoms with Crippen molar-refractivity contribution >= 4 is 40.9 Å². The number of allylic oxidation sites excluding steroid dienone is 1. The van der Waals surface area contributed by atoms with E-state index in [0.717, 1.165) is 31.4 Å². The summed E-state index contributed by atoms with van der Waals surface area (Å²) < 4.78 is 5.41. The van der Waals surface area contributed by atoms with Crippen LogP contribution in [-0.2, 0) is 9.53 Å². The Balaban J connectivity index is 1.67. The van der Waals surface area contributed by atoms with Gasteiger partial charge in [0.1, 0.15) is 10.7 Å². The number of rotatable bonds is 4. The Hall–Kier alpha value is -1.66. The molecule has 2 amide bonds. The van der Waals surface area contributed by atoms with Gasteiger partial charge in [-0.25, -0.2) is 0 Å². The molecule has 1 aromatic carbocycles. The minimum Gasteiger partial charge on any atom is -0.496 e. The highest BCUT2D eigenvalue weighted by Crippen LogP contribution is 2.28. The number of ether oxygens (including phenoxy) is 1. The van der Waals surface area contributed by atoms with Crippen LogP contribution in [0.25, 0.3) is 0 Å². The first-order valence-corrected chi connectivity index (χ1v) is 9.79. The van der Waals surface area contributed by atoms with Crippen LogP contribution in [0.4, 0.5) is 5.69 Å². The second kappa shape index (κ2) is 8.15.